The van der Waals surface area contributed by atoms with Crippen molar-refractivity contribution in [2.24, 2.45) is 0 Å². The SMILES string of the molecule is CC(C)(C)OC(=O)NCc1cccc(-c2cccc(NCc3ccccc3CC(=O)[O-])c2)c1. The highest BCUT2D eigenvalue weighted by molar-refractivity contribution is 5.70. The molecule has 0 unspecified atom stereocenters. The van der Waals surface area contributed by atoms with Crippen LogP contribution in [-0.2, 0) is 29.0 Å². The summed E-state index contributed by atoms with van der Waals surface area (Å²) in [7, 11) is 0. The van der Waals surface area contributed by atoms with Crippen LogP contribution in [-0.4, -0.2) is 17.7 Å². The minimum atomic E-state index is -1.09. The van der Waals surface area contributed by atoms with E-state index in [-0.39, 0.29) is 6.42 Å². The summed E-state index contributed by atoms with van der Waals surface area (Å²) in [5.41, 5.74) is 5.07. The summed E-state index contributed by atoms with van der Waals surface area (Å²) in [6.45, 7) is 6.37. The molecule has 0 atom stereocenters. The van der Waals surface area contributed by atoms with E-state index >= 15 is 0 Å². The molecule has 172 valence electrons. The van der Waals surface area contributed by atoms with Gasteiger partial charge in [0.25, 0.3) is 0 Å². The minimum absolute atomic E-state index is 0.109. The van der Waals surface area contributed by atoms with Crippen molar-refractivity contribution in [3.63, 3.8) is 0 Å². The number of carbonyl (C=O) groups excluding carboxylic acids is 2. The zero-order valence-corrected chi connectivity index (χ0v) is 19.2. The molecule has 0 saturated heterocycles. The third-order valence-electron chi connectivity index (χ3n) is 4.89. The molecule has 6 nitrogen and oxygen atoms in total. The molecule has 0 aromatic heterocycles. The van der Waals surface area contributed by atoms with E-state index in [1.54, 1.807) is 6.07 Å². The Morgan fingerprint density at radius 1 is 0.848 bits per heavy atom. The molecule has 0 radical (unpaired) electrons. The van der Waals surface area contributed by atoms with Crippen LogP contribution < -0.4 is 15.7 Å². The number of anilines is 1. The van der Waals surface area contributed by atoms with E-state index in [1.807, 2.05) is 87.5 Å². The number of amides is 1. The van der Waals surface area contributed by atoms with Gasteiger partial charge in [-0.3, -0.25) is 0 Å². The predicted molar refractivity (Wildman–Crippen MR) is 127 cm³/mol. The average molecular weight is 446 g/mol. The van der Waals surface area contributed by atoms with Crippen LogP contribution in [0, 0.1) is 0 Å². The summed E-state index contributed by atoms with van der Waals surface area (Å²) < 4.78 is 5.29. The number of alkyl carbamates (subject to hydrolysis) is 1. The highest BCUT2D eigenvalue weighted by atomic mass is 16.6. The summed E-state index contributed by atoms with van der Waals surface area (Å²) >= 11 is 0. The second-order valence-corrected chi connectivity index (χ2v) is 8.81. The Kier molecular flexibility index (Phi) is 7.72. The third kappa shape index (κ3) is 7.68. The number of rotatable bonds is 8. The van der Waals surface area contributed by atoms with Crippen LogP contribution >= 0.6 is 0 Å². The van der Waals surface area contributed by atoms with Crippen molar-refractivity contribution < 1.29 is 19.4 Å². The van der Waals surface area contributed by atoms with E-state index < -0.39 is 17.7 Å². The first-order chi connectivity index (χ1) is 15.7. The normalized spacial score (nSPS) is 11.0. The van der Waals surface area contributed by atoms with E-state index in [0.717, 1.165) is 33.5 Å². The van der Waals surface area contributed by atoms with Crippen LogP contribution in [0.5, 0.6) is 0 Å². The monoisotopic (exact) mass is 445 g/mol. The number of aliphatic carboxylic acids is 1. The quantitative estimate of drug-likeness (QED) is 0.540. The van der Waals surface area contributed by atoms with Crippen molar-refractivity contribution >= 4 is 17.7 Å². The van der Waals surface area contributed by atoms with Gasteiger partial charge >= 0.3 is 6.09 Å². The Labute approximate surface area is 194 Å². The molecule has 1 amide bonds. The molecule has 0 aliphatic carbocycles. The summed E-state index contributed by atoms with van der Waals surface area (Å²) in [6.07, 6.45) is -0.555. The third-order valence-corrected chi connectivity index (χ3v) is 4.89. The largest absolute Gasteiger partial charge is 0.550 e. The smallest absolute Gasteiger partial charge is 0.407 e. The first-order valence-electron chi connectivity index (χ1n) is 10.9. The van der Waals surface area contributed by atoms with Crippen LogP contribution in [0.2, 0.25) is 0 Å². The molecule has 33 heavy (non-hydrogen) atoms. The number of hydrogen-bond acceptors (Lipinski definition) is 5. The molecular formula is C27H29N2O4-. The number of benzene rings is 3. The van der Waals surface area contributed by atoms with Gasteiger partial charge in [-0.2, -0.15) is 0 Å². The number of carboxylic acids is 1. The van der Waals surface area contributed by atoms with E-state index in [2.05, 4.69) is 10.6 Å². The lowest BCUT2D eigenvalue weighted by atomic mass is 10.0. The van der Waals surface area contributed by atoms with E-state index in [0.29, 0.717) is 13.1 Å². The molecule has 0 aliphatic rings. The van der Waals surface area contributed by atoms with Gasteiger partial charge < -0.3 is 25.3 Å². The van der Waals surface area contributed by atoms with Gasteiger partial charge in [0.2, 0.25) is 0 Å². The zero-order valence-electron chi connectivity index (χ0n) is 19.2. The van der Waals surface area contributed by atoms with Gasteiger partial charge in [-0.25, -0.2) is 4.79 Å². The lowest BCUT2D eigenvalue weighted by molar-refractivity contribution is -0.304. The molecule has 0 aliphatic heterocycles. The van der Waals surface area contributed by atoms with Gasteiger partial charge in [0.1, 0.15) is 5.60 Å². The second kappa shape index (κ2) is 10.7. The topological polar surface area (TPSA) is 90.5 Å². The average Bonchev–Trinajstić information content (AvgIpc) is 2.76. The van der Waals surface area contributed by atoms with Crippen molar-refractivity contribution in [1.82, 2.24) is 5.32 Å². The van der Waals surface area contributed by atoms with Crippen molar-refractivity contribution in [3.8, 4) is 11.1 Å². The van der Waals surface area contributed by atoms with Gasteiger partial charge in [0.05, 0.1) is 0 Å². The van der Waals surface area contributed by atoms with Crippen molar-refractivity contribution in [2.75, 3.05) is 5.32 Å². The van der Waals surface area contributed by atoms with Crippen molar-refractivity contribution in [2.45, 2.75) is 45.9 Å². The first kappa shape index (κ1) is 23.9. The zero-order chi connectivity index (χ0) is 23.8. The van der Waals surface area contributed by atoms with Crippen LogP contribution in [0.4, 0.5) is 10.5 Å². The molecular weight excluding hydrogens is 416 g/mol. The maximum atomic E-state index is 11.9. The Bertz CT molecular complexity index is 1120. The fourth-order valence-electron chi connectivity index (χ4n) is 3.41. The van der Waals surface area contributed by atoms with Crippen LogP contribution in [0.1, 0.15) is 37.5 Å². The van der Waals surface area contributed by atoms with Crippen LogP contribution in [0.25, 0.3) is 11.1 Å². The molecule has 0 fully saturated rings. The Morgan fingerprint density at radius 2 is 1.52 bits per heavy atom. The summed E-state index contributed by atoms with van der Waals surface area (Å²) in [5.74, 6) is -1.09. The summed E-state index contributed by atoms with van der Waals surface area (Å²) in [4.78, 5) is 22.9. The number of carboxylic acid groups (broad SMARTS) is 1. The number of hydrogen-bond donors (Lipinski definition) is 2. The Balaban J connectivity index is 1.67. The van der Waals surface area contributed by atoms with Crippen LogP contribution in [0.3, 0.4) is 0 Å². The fraction of sp³-hybridized carbons (Fsp3) is 0.259. The van der Waals surface area contributed by atoms with Gasteiger partial charge in [-0.15, -0.1) is 0 Å². The Morgan fingerprint density at radius 3 is 2.21 bits per heavy atom. The highest BCUT2D eigenvalue weighted by Gasteiger charge is 2.15. The maximum Gasteiger partial charge on any atom is 0.407 e. The second-order valence-electron chi connectivity index (χ2n) is 8.81. The minimum Gasteiger partial charge on any atom is -0.550 e. The number of ether oxygens (including phenoxy) is 1. The van der Waals surface area contributed by atoms with E-state index in [4.69, 9.17) is 4.74 Å². The molecule has 0 saturated carbocycles. The molecule has 0 heterocycles. The summed E-state index contributed by atoms with van der Waals surface area (Å²) in [5, 5.41) is 17.2. The number of carbonyl (C=O) groups is 2. The van der Waals surface area contributed by atoms with Gasteiger partial charge in [-0.05, 0) is 66.8 Å². The van der Waals surface area contributed by atoms with Gasteiger partial charge in [-0.1, -0.05) is 54.6 Å². The molecule has 0 bridgehead atoms. The summed E-state index contributed by atoms with van der Waals surface area (Å²) in [6, 6.07) is 23.4. The molecule has 3 aromatic carbocycles. The molecule has 3 rings (SSSR count). The predicted octanol–water partition coefficient (Wildman–Crippen LogP) is 4.28. The lowest BCUT2D eigenvalue weighted by Crippen LogP contribution is -2.32. The van der Waals surface area contributed by atoms with E-state index in [1.165, 1.54) is 0 Å². The van der Waals surface area contributed by atoms with Crippen molar-refractivity contribution in [3.05, 3.63) is 89.5 Å². The highest BCUT2D eigenvalue weighted by Crippen LogP contribution is 2.24. The molecule has 2 N–H and O–H groups in total. The van der Waals surface area contributed by atoms with E-state index in [9.17, 15) is 14.7 Å². The number of nitrogens with one attached hydrogen (secondary N) is 2. The first-order valence-corrected chi connectivity index (χ1v) is 10.9. The fourth-order valence-corrected chi connectivity index (χ4v) is 3.41. The van der Waals surface area contributed by atoms with Crippen LogP contribution in [0.15, 0.2) is 72.8 Å². The Hall–Kier alpha value is -3.80. The molecule has 0 spiro atoms. The lowest BCUT2D eigenvalue weighted by Gasteiger charge is -2.19. The maximum absolute atomic E-state index is 11.9. The van der Waals surface area contributed by atoms with Gasteiger partial charge in [0, 0.05) is 31.2 Å². The molecule has 6 heteroatoms. The standard InChI is InChI=1S/C27H30N2O4/c1-27(2,3)33-26(32)29-17-19-8-6-11-20(14-19)21-12-7-13-24(15-21)28-18-23-10-5-4-9-22(23)16-25(30)31/h4-15,28H,16-18H2,1-3H3,(H,29,32)(H,30,31)/p-1. The van der Waals surface area contributed by atoms with Crippen molar-refractivity contribution in [1.29, 1.82) is 0 Å². The molecule has 3 aromatic rings. The van der Waals surface area contributed by atoms with Gasteiger partial charge in [0.15, 0.2) is 0 Å².